The highest BCUT2D eigenvalue weighted by Gasteiger charge is 2.01. The number of aryl methyl sites for hydroxylation is 1. The Morgan fingerprint density at radius 2 is 2.32 bits per heavy atom. The Morgan fingerprint density at radius 3 is 3.00 bits per heavy atom. The summed E-state index contributed by atoms with van der Waals surface area (Å²) in [5, 5.41) is 6.45. The topological polar surface area (TPSA) is 81.2 Å². The van der Waals surface area contributed by atoms with Crippen molar-refractivity contribution in [2.75, 3.05) is 5.73 Å². The van der Waals surface area contributed by atoms with Gasteiger partial charge in [0.25, 0.3) is 0 Å². The van der Waals surface area contributed by atoms with Gasteiger partial charge in [-0.15, -0.1) is 0 Å². The number of nitrogens with one attached hydrogen (secondary N) is 1. The first-order valence-corrected chi connectivity index (χ1v) is 5.87. The Labute approximate surface area is 111 Å². The zero-order valence-corrected chi connectivity index (χ0v) is 10.6. The van der Waals surface area contributed by atoms with Crippen LogP contribution >= 0.6 is 0 Å². The maximum absolute atomic E-state index is 11.6. The summed E-state index contributed by atoms with van der Waals surface area (Å²) in [5.41, 5.74) is 7.99. The highest BCUT2D eigenvalue weighted by atomic mass is 16.5. The van der Waals surface area contributed by atoms with Crippen LogP contribution in [0.1, 0.15) is 17.0 Å². The van der Waals surface area contributed by atoms with Crippen molar-refractivity contribution < 1.29 is 9.32 Å². The van der Waals surface area contributed by atoms with Gasteiger partial charge in [0, 0.05) is 17.8 Å². The Bertz CT molecular complexity index is 602. The van der Waals surface area contributed by atoms with Crippen molar-refractivity contribution in [1.82, 2.24) is 10.5 Å². The average Bonchev–Trinajstić information content (AvgIpc) is 2.80. The van der Waals surface area contributed by atoms with Crippen molar-refractivity contribution in [3.8, 4) is 0 Å². The molecule has 5 nitrogen and oxygen atoms in total. The van der Waals surface area contributed by atoms with Crippen LogP contribution < -0.4 is 11.1 Å². The number of rotatable bonds is 4. The predicted molar refractivity (Wildman–Crippen MR) is 73.0 cm³/mol. The third-order valence-corrected chi connectivity index (χ3v) is 2.45. The molecule has 2 rings (SSSR count). The van der Waals surface area contributed by atoms with Gasteiger partial charge in [0.15, 0.2) is 5.76 Å². The SMILES string of the molecule is Cc1cc(CNC(=O)/C=C/c2cccc(N)c2)on1. The van der Waals surface area contributed by atoms with Crippen molar-refractivity contribution in [2.45, 2.75) is 13.5 Å². The van der Waals surface area contributed by atoms with E-state index in [-0.39, 0.29) is 5.91 Å². The van der Waals surface area contributed by atoms with Crippen molar-refractivity contribution in [1.29, 1.82) is 0 Å². The van der Waals surface area contributed by atoms with E-state index in [9.17, 15) is 4.79 Å². The molecule has 5 heteroatoms. The maximum Gasteiger partial charge on any atom is 0.244 e. The molecule has 0 unspecified atom stereocenters. The van der Waals surface area contributed by atoms with E-state index in [1.54, 1.807) is 24.3 Å². The number of anilines is 1. The Balaban J connectivity index is 1.87. The number of nitrogens with two attached hydrogens (primary N) is 1. The highest BCUT2D eigenvalue weighted by Crippen LogP contribution is 2.08. The normalized spacial score (nSPS) is 10.8. The summed E-state index contributed by atoms with van der Waals surface area (Å²) in [4.78, 5) is 11.6. The molecule has 0 saturated heterocycles. The molecule has 0 aliphatic heterocycles. The highest BCUT2D eigenvalue weighted by molar-refractivity contribution is 5.91. The molecule has 1 amide bonds. The molecule has 3 N–H and O–H groups in total. The molecule has 0 saturated carbocycles. The van der Waals surface area contributed by atoms with E-state index >= 15 is 0 Å². The Morgan fingerprint density at radius 1 is 1.47 bits per heavy atom. The quantitative estimate of drug-likeness (QED) is 0.647. The zero-order valence-electron chi connectivity index (χ0n) is 10.6. The molecule has 2 aromatic rings. The van der Waals surface area contributed by atoms with Gasteiger partial charge in [-0.25, -0.2) is 0 Å². The minimum absolute atomic E-state index is 0.198. The fraction of sp³-hybridized carbons (Fsp3) is 0.143. The fourth-order valence-corrected chi connectivity index (χ4v) is 1.57. The van der Waals surface area contributed by atoms with Crippen LogP contribution in [0.15, 0.2) is 40.9 Å². The third kappa shape index (κ3) is 3.99. The molecule has 98 valence electrons. The van der Waals surface area contributed by atoms with Crippen LogP contribution in [0.4, 0.5) is 5.69 Å². The fourth-order valence-electron chi connectivity index (χ4n) is 1.57. The van der Waals surface area contributed by atoms with Crippen molar-refractivity contribution in [2.24, 2.45) is 0 Å². The molecular weight excluding hydrogens is 242 g/mol. The van der Waals surface area contributed by atoms with Crippen LogP contribution in [0, 0.1) is 6.92 Å². The molecule has 0 bridgehead atoms. The summed E-state index contributed by atoms with van der Waals surface area (Å²) >= 11 is 0. The molecule has 0 atom stereocenters. The van der Waals surface area contributed by atoms with Gasteiger partial charge in [0.1, 0.15) is 0 Å². The molecule has 0 radical (unpaired) electrons. The molecule has 19 heavy (non-hydrogen) atoms. The molecule has 1 aromatic carbocycles. The second kappa shape index (κ2) is 5.86. The van der Waals surface area contributed by atoms with Gasteiger partial charge in [-0.1, -0.05) is 17.3 Å². The summed E-state index contributed by atoms with van der Waals surface area (Å²) in [7, 11) is 0. The van der Waals surface area contributed by atoms with E-state index in [2.05, 4.69) is 10.5 Å². The number of carbonyl (C=O) groups is 1. The minimum Gasteiger partial charge on any atom is -0.399 e. The number of benzene rings is 1. The van der Waals surface area contributed by atoms with E-state index < -0.39 is 0 Å². The lowest BCUT2D eigenvalue weighted by molar-refractivity contribution is -0.116. The van der Waals surface area contributed by atoms with Crippen LogP contribution in [-0.2, 0) is 11.3 Å². The summed E-state index contributed by atoms with van der Waals surface area (Å²) in [5.74, 6) is 0.430. The molecule has 0 spiro atoms. The number of carbonyl (C=O) groups excluding carboxylic acids is 1. The van der Waals surface area contributed by atoms with Crippen molar-refractivity contribution in [3.05, 3.63) is 53.4 Å². The first kappa shape index (κ1) is 12.9. The lowest BCUT2D eigenvalue weighted by Crippen LogP contribution is -2.19. The average molecular weight is 257 g/mol. The van der Waals surface area contributed by atoms with Crippen LogP contribution in [-0.4, -0.2) is 11.1 Å². The van der Waals surface area contributed by atoms with Gasteiger partial charge in [-0.05, 0) is 30.7 Å². The van der Waals surface area contributed by atoms with Gasteiger partial charge in [-0.2, -0.15) is 0 Å². The van der Waals surface area contributed by atoms with Gasteiger partial charge in [0.2, 0.25) is 5.91 Å². The van der Waals surface area contributed by atoms with E-state index in [4.69, 9.17) is 10.3 Å². The summed E-state index contributed by atoms with van der Waals surface area (Å²) in [6.45, 7) is 2.15. The number of aromatic nitrogens is 1. The Kier molecular flexibility index (Phi) is 3.97. The second-order valence-electron chi connectivity index (χ2n) is 4.16. The molecule has 0 aliphatic carbocycles. The number of amides is 1. The summed E-state index contributed by atoms with van der Waals surface area (Å²) in [6, 6.07) is 9.08. The van der Waals surface area contributed by atoms with Gasteiger partial charge >= 0.3 is 0 Å². The zero-order chi connectivity index (χ0) is 13.7. The lowest BCUT2D eigenvalue weighted by Gasteiger charge is -1.98. The first-order chi connectivity index (χ1) is 9.13. The van der Waals surface area contributed by atoms with E-state index in [1.807, 2.05) is 19.1 Å². The van der Waals surface area contributed by atoms with Crippen molar-refractivity contribution in [3.63, 3.8) is 0 Å². The minimum atomic E-state index is -0.198. The largest absolute Gasteiger partial charge is 0.399 e. The van der Waals surface area contributed by atoms with Gasteiger partial charge in [-0.3, -0.25) is 4.79 Å². The third-order valence-electron chi connectivity index (χ3n) is 2.45. The second-order valence-corrected chi connectivity index (χ2v) is 4.16. The van der Waals surface area contributed by atoms with E-state index in [1.165, 1.54) is 6.08 Å². The predicted octanol–water partition coefficient (Wildman–Crippen LogP) is 1.89. The lowest BCUT2D eigenvalue weighted by atomic mass is 10.2. The standard InChI is InChI=1S/C14H15N3O2/c1-10-7-13(19-17-10)9-16-14(18)6-5-11-3-2-4-12(15)8-11/h2-8H,9,15H2,1H3,(H,16,18)/b6-5+. The van der Waals surface area contributed by atoms with Crippen LogP contribution in [0.25, 0.3) is 6.08 Å². The van der Waals surface area contributed by atoms with Crippen LogP contribution in [0.2, 0.25) is 0 Å². The number of nitrogens with zero attached hydrogens (tertiary/aromatic N) is 1. The molecule has 1 aromatic heterocycles. The van der Waals surface area contributed by atoms with Crippen LogP contribution in [0.5, 0.6) is 0 Å². The smallest absolute Gasteiger partial charge is 0.244 e. The summed E-state index contributed by atoms with van der Waals surface area (Å²) in [6.07, 6.45) is 3.16. The van der Waals surface area contributed by atoms with Gasteiger partial charge < -0.3 is 15.6 Å². The van der Waals surface area contributed by atoms with E-state index in [0.717, 1.165) is 11.3 Å². The molecule has 1 heterocycles. The van der Waals surface area contributed by atoms with E-state index in [0.29, 0.717) is 18.0 Å². The number of hydrogen-bond acceptors (Lipinski definition) is 4. The Hall–Kier alpha value is -2.56. The van der Waals surface area contributed by atoms with Crippen molar-refractivity contribution >= 4 is 17.7 Å². The molecule has 0 fully saturated rings. The number of hydrogen-bond donors (Lipinski definition) is 2. The summed E-state index contributed by atoms with van der Waals surface area (Å²) < 4.78 is 4.99. The molecular formula is C14H15N3O2. The first-order valence-electron chi connectivity index (χ1n) is 5.87. The maximum atomic E-state index is 11.6. The van der Waals surface area contributed by atoms with Gasteiger partial charge in [0.05, 0.1) is 12.2 Å². The molecule has 0 aliphatic rings. The number of nitrogen functional groups attached to an aromatic ring is 1. The monoisotopic (exact) mass is 257 g/mol. The van der Waals surface area contributed by atoms with Crippen LogP contribution in [0.3, 0.4) is 0 Å².